The van der Waals surface area contributed by atoms with Gasteiger partial charge in [0.1, 0.15) is 0 Å². The molecular formula is C24H25N3O. The molecule has 4 aromatic rings. The second-order valence-electron chi connectivity index (χ2n) is 7.86. The Morgan fingerprint density at radius 2 is 1.93 bits per heavy atom. The molecule has 2 N–H and O–H groups in total. The van der Waals surface area contributed by atoms with Crippen LogP contribution in [0.25, 0.3) is 21.8 Å². The predicted octanol–water partition coefficient (Wildman–Crippen LogP) is 4.79. The van der Waals surface area contributed by atoms with Crippen molar-refractivity contribution in [3.05, 3.63) is 71.5 Å². The molecule has 1 atom stereocenters. The number of benzene rings is 2. The lowest BCUT2D eigenvalue weighted by molar-refractivity contribution is -0.121. The Bertz CT molecular complexity index is 1170. The van der Waals surface area contributed by atoms with Gasteiger partial charge in [0.15, 0.2) is 0 Å². The number of amides is 1. The largest absolute Gasteiger partial charge is 0.356 e. The lowest BCUT2D eigenvalue weighted by Gasteiger charge is -2.24. The Kier molecular flexibility index (Phi) is 4.19. The zero-order valence-corrected chi connectivity index (χ0v) is 16.2. The van der Waals surface area contributed by atoms with E-state index in [1.807, 2.05) is 0 Å². The topological polar surface area (TPSA) is 49.8 Å². The van der Waals surface area contributed by atoms with E-state index >= 15 is 0 Å². The number of aryl methyl sites for hydroxylation is 3. The van der Waals surface area contributed by atoms with Crippen LogP contribution in [0.1, 0.15) is 42.1 Å². The van der Waals surface area contributed by atoms with Crippen LogP contribution >= 0.6 is 0 Å². The maximum Gasteiger partial charge on any atom is 0.220 e. The van der Waals surface area contributed by atoms with Crippen molar-refractivity contribution in [3.8, 4) is 0 Å². The van der Waals surface area contributed by atoms with Gasteiger partial charge < -0.3 is 14.9 Å². The average Bonchev–Trinajstić information content (AvgIpc) is 3.25. The molecule has 0 unspecified atom stereocenters. The van der Waals surface area contributed by atoms with Gasteiger partial charge in [-0.1, -0.05) is 36.4 Å². The monoisotopic (exact) mass is 371 g/mol. The first-order chi connectivity index (χ1) is 13.7. The lowest BCUT2D eigenvalue weighted by atomic mass is 9.91. The normalized spacial score (nSPS) is 16.4. The molecular weight excluding hydrogens is 346 g/mol. The second-order valence-corrected chi connectivity index (χ2v) is 7.86. The number of hydrogen-bond donors (Lipinski definition) is 2. The predicted molar refractivity (Wildman–Crippen MR) is 113 cm³/mol. The van der Waals surface area contributed by atoms with Crippen molar-refractivity contribution in [2.45, 2.75) is 38.1 Å². The summed E-state index contributed by atoms with van der Waals surface area (Å²) in [6, 6.07) is 16.9. The molecule has 0 saturated heterocycles. The Hall–Kier alpha value is -3.01. The van der Waals surface area contributed by atoms with Gasteiger partial charge in [0.05, 0.1) is 6.04 Å². The number of fused-ring (bicyclic) bond motifs is 4. The third-order valence-electron chi connectivity index (χ3n) is 6.05. The number of H-pyrrole nitrogens is 1. The second kappa shape index (κ2) is 6.86. The molecule has 0 radical (unpaired) electrons. The number of aromatic nitrogens is 2. The smallest absolute Gasteiger partial charge is 0.220 e. The van der Waals surface area contributed by atoms with Gasteiger partial charge in [0, 0.05) is 47.2 Å². The molecule has 1 amide bonds. The SMILES string of the molecule is Cn1cc(CCC(=O)N[C@@H]2CCCc3c2[nH]c2ccccc32)c2ccccc21. The summed E-state index contributed by atoms with van der Waals surface area (Å²) in [5, 5.41) is 5.83. The van der Waals surface area contributed by atoms with Gasteiger partial charge in [-0.25, -0.2) is 0 Å². The van der Waals surface area contributed by atoms with Crippen molar-refractivity contribution in [1.82, 2.24) is 14.9 Å². The number of hydrogen-bond acceptors (Lipinski definition) is 1. The molecule has 1 aliphatic carbocycles. The minimum atomic E-state index is 0.0937. The summed E-state index contributed by atoms with van der Waals surface area (Å²) in [6.07, 6.45) is 6.62. The summed E-state index contributed by atoms with van der Waals surface area (Å²) in [5.41, 5.74) is 6.20. The van der Waals surface area contributed by atoms with E-state index in [4.69, 9.17) is 0 Å². The van der Waals surface area contributed by atoms with Gasteiger partial charge in [-0.2, -0.15) is 0 Å². The van der Waals surface area contributed by atoms with Gasteiger partial charge in [-0.05, 0) is 48.9 Å². The summed E-state index contributed by atoms with van der Waals surface area (Å²) in [4.78, 5) is 16.3. The molecule has 2 aromatic carbocycles. The van der Waals surface area contributed by atoms with Crippen LogP contribution in [0.5, 0.6) is 0 Å². The first-order valence-corrected chi connectivity index (χ1v) is 10.1. The van der Waals surface area contributed by atoms with Crippen molar-refractivity contribution in [2.24, 2.45) is 7.05 Å². The number of para-hydroxylation sites is 2. The van der Waals surface area contributed by atoms with Gasteiger partial charge in [-0.15, -0.1) is 0 Å². The first kappa shape index (κ1) is 17.1. The molecule has 5 rings (SSSR count). The van der Waals surface area contributed by atoms with Crippen LogP contribution in [0, 0.1) is 0 Å². The minimum absolute atomic E-state index is 0.0937. The number of nitrogens with zero attached hydrogens (tertiary/aromatic N) is 1. The maximum absolute atomic E-state index is 12.7. The van der Waals surface area contributed by atoms with Crippen molar-refractivity contribution < 1.29 is 4.79 Å². The summed E-state index contributed by atoms with van der Waals surface area (Å²) in [5.74, 6) is 0.129. The average molecular weight is 371 g/mol. The Labute approximate surface area is 164 Å². The molecule has 4 heteroatoms. The number of carbonyl (C=O) groups excluding carboxylic acids is 1. The van der Waals surface area contributed by atoms with E-state index in [1.54, 1.807) is 0 Å². The Morgan fingerprint density at radius 3 is 2.82 bits per heavy atom. The van der Waals surface area contributed by atoms with E-state index in [2.05, 4.69) is 76.6 Å². The molecule has 2 heterocycles. The molecule has 4 nitrogen and oxygen atoms in total. The van der Waals surface area contributed by atoms with E-state index < -0.39 is 0 Å². The standard InChI is InChI=1S/C24H25N3O/c1-27-15-16(17-7-3-5-12-22(17)27)13-14-23(28)25-21-11-6-9-19-18-8-2-4-10-20(18)26-24(19)21/h2-5,7-8,10,12,15,21,26H,6,9,11,13-14H2,1H3,(H,25,28)/t21-/m1/s1. The molecule has 1 aliphatic rings. The highest BCUT2D eigenvalue weighted by Gasteiger charge is 2.25. The van der Waals surface area contributed by atoms with Crippen molar-refractivity contribution in [1.29, 1.82) is 0 Å². The highest BCUT2D eigenvalue weighted by Crippen LogP contribution is 2.34. The lowest BCUT2D eigenvalue weighted by Crippen LogP contribution is -2.31. The number of carbonyl (C=O) groups is 1. The van der Waals surface area contributed by atoms with Gasteiger partial charge >= 0.3 is 0 Å². The van der Waals surface area contributed by atoms with E-state index in [1.165, 1.54) is 38.6 Å². The zero-order chi connectivity index (χ0) is 19.1. The molecule has 0 bridgehead atoms. The Balaban J connectivity index is 1.31. The third kappa shape index (κ3) is 2.89. The first-order valence-electron chi connectivity index (χ1n) is 10.1. The molecule has 0 saturated carbocycles. The third-order valence-corrected chi connectivity index (χ3v) is 6.05. The van der Waals surface area contributed by atoms with E-state index in [9.17, 15) is 4.79 Å². The van der Waals surface area contributed by atoms with Crippen LogP contribution in [-0.2, 0) is 24.7 Å². The number of nitrogens with one attached hydrogen (secondary N) is 2. The van der Waals surface area contributed by atoms with Crippen LogP contribution in [0.15, 0.2) is 54.7 Å². The Morgan fingerprint density at radius 1 is 1.14 bits per heavy atom. The highest BCUT2D eigenvalue weighted by atomic mass is 16.1. The maximum atomic E-state index is 12.7. The molecule has 2 aromatic heterocycles. The fourth-order valence-electron chi connectivity index (χ4n) is 4.70. The minimum Gasteiger partial charge on any atom is -0.356 e. The molecule has 28 heavy (non-hydrogen) atoms. The van der Waals surface area contributed by atoms with Gasteiger partial charge in [0.25, 0.3) is 0 Å². The van der Waals surface area contributed by atoms with Crippen LogP contribution in [-0.4, -0.2) is 15.5 Å². The van der Waals surface area contributed by atoms with E-state index in [0.717, 1.165) is 25.7 Å². The quantitative estimate of drug-likeness (QED) is 0.533. The highest BCUT2D eigenvalue weighted by molar-refractivity contribution is 5.86. The molecule has 0 fully saturated rings. The van der Waals surface area contributed by atoms with Crippen molar-refractivity contribution in [2.75, 3.05) is 0 Å². The van der Waals surface area contributed by atoms with Gasteiger partial charge in [-0.3, -0.25) is 4.79 Å². The summed E-state index contributed by atoms with van der Waals surface area (Å²) < 4.78 is 2.14. The molecule has 0 aliphatic heterocycles. The number of rotatable bonds is 4. The fourth-order valence-corrected chi connectivity index (χ4v) is 4.70. The summed E-state index contributed by atoms with van der Waals surface area (Å²) >= 11 is 0. The van der Waals surface area contributed by atoms with Crippen LogP contribution in [0.4, 0.5) is 0 Å². The zero-order valence-electron chi connectivity index (χ0n) is 16.2. The fraction of sp³-hybridized carbons (Fsp3) is 0.292. The molecule has 0 spiro atoms. The van der Waals surface area contributed by atoms with Crippen LogP contribution in [0.3, 0.4) is 0 Å². The van der Waals surface area contributed by atoms with Crippen molar-refractivity contribution >= 4 is 27.7 Å². The van der Waals surface area contributed by atoms with E-state index in [0.29, 0.717) is 6.42 Å². The van der Waals surface area contributed by atoms with Crippen LogP contribution in [0.2, 0.25) is 0 Å². The number of aromatic amines is 1. The van der Waals surface area contributed by atoms with E-state index in [-0.39, 0.29) is 11.9 Å². The van der Waals surface area contributed by atoms with Crippen LogP contribution < -0.4 is 5.32 Å². The summed E-state index contributed by atoms with van der Waals surface area (Å²) in [6.45, 7) is 0. The summed E-state index contributed by atoms with van der Waals surface area (Å²) in [7, 11) is 2.06. The molecule has 142 valence electrons. The van der Waals surface area contributed by atoms with Crippen molar-refractivity contribution in [3.63, 3.8) is 0 Å². The van der Waals surface area contributed by atoms with Gasteiger partial charge in [0.2, 0.25) is 5.91 Å².